The lowest BCUT2D eigenvalue weighted by molar-refractivity contribution is -0.132. The number of aryl methyl sites for hydroxylation is 1. The quantitative estimate of drug-likeness (QED) is 0.842. The number of nitrogens with zero attached hydrogens (tertiary/aromatic N) is 1. The largest absolute Gasteiger partial charge is 0.335 e. The molecule has 1 aliphatic rings. The minimum Gasteiger partial charge on any atom is -0.335 e. The Kier molecular flexibility index (Phi) is 3.79. The van der Waals surface area contributed by atoms with Gasteiger partial charge < -0.3 is 10.6 Å². The smallest absolute Gasteiger partial charge is 0.224 e. The predicted octanol–water partition coefficient (Wildman–Crippen LogP) is 1.83. The van der Waals surface area contributed by atoms with Crippen molar-refractivity contribution in [1.82, 2.24) is 4.90 Å². The van der Waals surface area contributed by atoms with E-state index in [4.69, 9.17) is 5.73 Å². The maximum absolute atomic E-state index is 12.0. The predicted molar refractivity (Wildman–Crippen MR) is 68.4 cm³/mol. The van der Waals surface area contributed by atoms with E-state index in [1.807, 2.05) is 11.0 Å². The monoisotopic (exact) mass is 232 g/mol. The number of carbonyl (C=O) groups is 1. The van der Waals surface area contributed by atoms with E-state index in [2.05, 4.69) is 25.1 Å². The fourth-order valence-corrected chi connectivity index (χ4v) is 2.08. The molecule has 3 heteroatoms. The molecule has 17 heavy (non-hydrogen) atoms. The summed E-state index contributed by atoms with van der Waals surface area (Å²) in [5, 5.41) is 0. The maximum atomic E-state index is 12.0. The first-order valence-corrected chi connectivity index (χ1v) is 6.26. The van der Waals surface area contributed by atoms with Gasteiger partial charge in [0.1, 0.15) is 0 Å². The molecule has 1 aromatic rings. The lowest BCUT2D eigenvalue weighted by atomic mass is 10.1. The highest BCUT2D eigenvalue weighted by atomic mass is 16.2. The summed E-state index contributed by atoms with van der Waals surface area (Å²) in [6, 6.07) is 8.80. The second-order valence-electron chi connectivity index (χ2n) is 4.78. The lowest BCUT2D eigenvalue weighted by Gasteiger charge is -2.22. The topological polar surface area (TPSA) is 46.3 Å². The van der Waals surface area contributed by atoms with Crippen molar-refractivity contribution in [2.45, 2.75) is 38.8 Å². The Morgan fingerprint density at radius 1 is 1.47 bits per heavy atom. The zero-order chi connectivity index (χ0) is 12.3. The molecule has 0 unspecified atom stereocenters. The molecule has 2 N–H and O–H groups in total. The first-order chi connectivity index (χ1) is 8.20. The summed E-state index contributed by atoms with van der Waals surface area (Å²) in [5.41, 5.74) is 7.91. The number of nitrogens with two attached hydrogens (primary N) is 1. The third-order valence-corrected chi connectivity index (χ3v) is 3.10. The third-order valence-electron chi connectivity index (χ3n) is 3.10. The van der Waals surface area contributed by atoms with Crippen LogP contribution in [-0.4, -0.2) is 23.4 Å². The Labute approximate surface area is 103 Å². The molecule has 0 aromatic heterocycles. The number of carbonyl (C=O) groups excluding carboxylic acids is 1. The highest BCUT2D eigenvalue weighted by Crippen LogP contribution is 2.28. The standard InChI is InChI=1S/C14H20N2O/c1-11-3-2-4-12(9-11)10-16(13-5-6-13)14(17)7-8-15/h2-4,9,13H,5-8,10,15H2,1H3. The molecule has 1 aliphatic carbocycles. The van der Waals surface area contributed by atoms with Crippen LogP contribution in [0.4, 0.5) is 0 Å². The molecule has 1 fully saturated rings. The van der Waals surface area contributed by atoms with Crippen molar-refractivity contribution in [2.75, 3.05) is 6.54 Å². The van der Waals surface area contributed by atoms with Gasteiger partial charge in [-0.1, -0.05) is 29.8 Å². The number of amides is 1. The van der Waals surface area contributed by atoms with E-state index < -0.39 is 0 Å². The number of hydrogen-bond acceptors (Lipinski definition) is 2. The van der Waals surface area contributed by atoms with Crippen LogP contribution in [0.15, 0.2) is 24.3 Å². The molecule has 1 aromatic carbocycles. The molecule has 1 saturated carbocycles. The van der Waals surface area contributed by atoms with Gasteiger partial charge in [-0.15, -0.1) is 0 Å². The van der Waals surface area contributed by atoms with Crippen LogP contribution in [0.5, 0.6) is 0 Å². The van der Waals surface area contributed by atoms with Gasteiger partial charge in [-0.2, -0.15) is 0 Å². The van der Waals surface area contributed by atoms with E-state index in [1.165, 1.54) is 11.1 Å². The molecule has 1 amide bonds. The SMILES string of the molecule is Cc1cccc(CN(C(=O)CCN)C2CC2)c1. The van der Waals surface area contributed by atoms with Crippen molar-refractivity contribution in [1.29, 1.82) is 0 Å². The van der Waals surface area contributed by atoms with E-state index in [-0.39, 0.29) is 5.91 Å². The molecular formula is C14H20N2O. The molecule has 3 nitrogen and oxygen atoms in total. The first-order valence-electron chi connectivity index (χ1n) is 6.26. The van der Waals surface area contributed by atoms with Crippen LogP contribution in [0.25, 0.3) is 0 Å². The van der Waals surface area contributed by atoms with Gasteiger partial charge in [0.25, 0.3) is 0 Å². The summed E-state index contributed by atoms with van der Waals surface area (Å²) in [5.74, 6) is 0.191. The minimum absolute atomic E-state index is 0.191. The Bertz CT molecular complexity index is 399. The molecule has 0 radical (unpaired) electrons. The lowest BCUT2D eigenvalue weighted by Crippen LogP contribution is -2.33. The van der Waals surface area contributed by atoms with Gasteiger partial charge in [0.05, 0.1) is 0 Å². The molecule has 92 valence electrons. The van der Waals surface area contributed by atoms with E-state index in [1.54, 1.807) is 0 Å². The Hall–Kier alpha value is -1.35. The zero-order valence-electron chi connectivity index (χ0n) is 10.4. The van der Waals surface area contributed by atoms with Crippen molar-refractivity contribution in [3.63, 3.8) is 0 Å². The van der Waals surface area contributed by atoms with Gasteiger partial charge in [-0.25, -0.2) is 0 Å². The average Bonchev–Trinajstić information content (AvgIpc) is 3.10. The minimum atomic E-state index is 0.191. The summed E-state index contributed by atoms with van der Waals surface area (Å²) >= 11 is 0. The van der Waals surface area contributed by atoms with Gasteiger partial charge in [0, 0.05) is 25.6 Å². The number of rotatable bonds is 5. The van der Waals surface area contributed by atoms with Crippen molar-refractivity contribution in [3.05, 3.63) is 35.4 Å². The Morgan fingerprint density at radius 2 is 2.24 bits per heavy atom. The Balaban J connectivity index is 2.05. The van der Waals surface area contributed by atoms with Gasteiger partial charge in [-0.05, 0) is 25.3 Å². The van der Waals surface area contributed by atoms with E-state index in [0.29, 0.717) is 19.0 Å². The molecular weight excluding hydrogens is 212 g/mol. The highest BCUT2D eigenvalue weighted by Gasteiger charge is 2.31. The maximum Gasteiger partial charge on any atom is 0.224 e. The molecule has 0 heterocycles. The molecule has 0 aliphatic heterocycles. The van der Waals surface area contributed by atoms with Gasteiger partial charge in [0.2, 0.25) is 5.91 Å². The molecule has 0 atom stereocenters. The molecule has 2 rings (SSSR count). The molecule has 0 saturated heterocycles. The van der Waals surface area contributed by atoms with Crippen LogP contribution >= 0.6 is 0 Å². The van der Waals surface area contributed by atoms with Crippen molar-refractivity contribution >= 4 is 5.91 Å². The average molecular weight is 232 g/mol. The summed E-state index contributed by atoms with van der Waals surface area (Å²) in [6.45, 7) is 3.24. The van der Waals surface area contributed by atoms with Crippen LogP contribution in [0.1, 0.15) is 30.4 Å². The van der Waals surface area contributed by atoms with E-state index in [9.17, 15) is 4.79 Å². The van der Waals surface area contributed by atoms with Gasteiger partial charge in [-0.3, -0.25) is 4.79 Å². The summed E-state index contributed by atoms with van der Waals surface area (Å²) in [7, 11) is 0. The summed E-state index contributed by atoms with van der Waals surface area (Å²) < 4.78 is 0. The van der Waals surface area contributed by atoms with E-state index in [0.717, 1.165) is 19.4 Å². The van der Waals surface area contributed by atoms with Crippen LogP contribution < -0.4 is 5.73 Å². The van der Waals surface area contributed by atoms with Crippen LogP contribution in [0, 0.1) is 6.92 Å². The molecule has 0 bridgehead atoms. The summed E-state index contributed by atoms with van der Waals surface area (Å²) in [6.07, 6.45) is 2.74. The second kappa shape index (κ2) is 5.32. The van der Waals surface area contributed by atoms with Crippen LogP contribution in [0.3, 0.4) is 0 Å². The molecule has 0 spiro atoms. The zero-order valence-corrected chi connectivity index (χ0v) is 10.4. The van der Waals surface area contributed by atoms with Crippen molar-refractivity contribution in [2.24, 2.45) is 5.73 Å². The first kappa shape index (κ1) is 12.1. The van der Waals surface area contributed by atoms with E-state index >= 15 is 0 Å². The summed E-state index contributed by atoms with van der Waals surface area (Å²) in [4.78, 5) is 13.9. The highest BCUT2D eigenvalue weighted by molar-refractivity contribution is 5.77. The van der Waals surface area contributed by atoms with Crippen LogP contribution in [-0.2, 0) is 11.3 Å². The Morgan fingerprint density at radius 3 is 2.82 bits per heavy atom. The number of hydrogen-bond donors (Lipinski definition) is 1. The van der Waals surface area contributed by atoms with Crippen LogP contribution in [0.2, 0.25) is 0 Å². The fraction of sp³-hybridized carbons (Fsp3) is 0.500. The van der Waals surface area contributed by atoms with Gasteiger partial charge in [0.15, 0.2) is 0 Å². The van der Waals surface area contributed by atoms with Crippen molar-refractivity contribution < 1.29 is 4.79 Å². The normalized spacial score (nSPS) is 14.7. The number of benzene rings is 1. The van der Waals surface area contributed by atoms with Gasteiger partial charge >= 0.3 is 0 Å². The fourth-order valence-electron chi connectivity index (χ4n) is 2.08. The van der Waals surface area contributed by atoms with Crippen molar-refractivity contribution in [3.8, 4) is 0 Å². The second-order valence-corrected chi connectivity index (χ2v) is 4.78. The third kappa shape index (κ3) is 3.30.